The number of piperidine rings is 1. The van der Waals surface area contributed by atoms with E-state index in [-0.39, 0.29) is 12.0 Å². The van der Waals surface area contributed by atoms with Crippen LogP contribution in [-0.2, 0) is 6.18 Å². The maximum absolute atomic E-state index is 12.6. The standard InChI is InChI=1S/C16H24F3N5/c17-16(18,19)12-8-22-14(23-9-12)24-7-3-4-11(10-24)15(21)6-2-1-5-13(15)20/h8-9,11,13H,1-7,10,20-21H2. The quantitative estimate of drug-likeness (QED) is 0.861. The van der Waals surface area contributed by atoms with E-state index in [9.17, 15) is 13.2 Å². The SMILES string of the molecule is NC1CCCCC1(N)C1CCCN(c2ncc(C(F)(F)F)cn2)C1. The van der Waals surface area contributed by atoms with E-state index in [0.717, 1.165) is 57.5 Å². The average Bonchev–Trinajstić information content (AvgIpc) is 2.57. The molecule has 1 aromatic rings. The first-order valence-corrected chi connectivity index (χ1v) is 8.49. The summed E-state index contributed by atoms with van der Waals surface area (Å²) in [5.41, 5.74) is 11.7. The van der Waals surface area contributed by atoms with Crippen LogP contribution in [-0.4, -0.2) is 34.6 Å². The number of nitrogens with two attached hydrogens (primary N) is 2. The van der Waals surface area contributed by atoms with Gasteiger partial charge in [-0.05, 0) is 31.6 Å². The van der Waals surface area contributed by atoms with Crippen molar-refractivity contribution in [3.63, 3.8) is 0 Å². The fraction of sp³-hybridized carbons (Fsp3) is 0.750. The fourth-order valence-electron chi connectivity index (χ4n) is 3.98. The molecule has 0 bridgehead atoms. The van der Waals surface area contributed by atoms with Crippen LogP contribution in [0.2, 0.25) is 0 Å². The Morgan fingerprint density at radius 1 is 1.12 bits per heavy atom. The van der Waals surface area contributed by atoms with Gasteiger partial charge in [-0.2, -0.15) is 13.2 Å². The number of hydrogen-bond donors (Lipinski definition) is 2. The van der Waals surface area contributed by atoms with E-state index >= 15 is 0 Å². The van der Waals surface area contributed by atoms with Gasteiger partial charge in [0.2, 0.25) is 5.95 Å². The minimum Gasteiger partial charge on any atom is -0.340 e. The van der Waals surface area contributed by atoms with E-state index < -0.39 is 17.3 Å². The van der Waals surface area contributed by atoms with Gasteiger partial charge in [-0.15, -0.1) is 0 Å². The van der Waals surface area contributed by atoms with Gasteiger partial charge in [-0.1, -0.05) is 12.8 Å². The average molecular weight is 343 g/mol. The van der Waals surface area contributed by atoms with Crippen LogP contribution in [0.4, 0.5) is 19.1 Å². The Labute approximate surface area is 139 Å². The van der Waals surface area contributed by atoms with Crippen molar-refractivity contribution in [1.82, 2.24) is 9.97 Å². The lowest BCUT2D eigenvalue weighted by molar-refractivity contribution is -0.138. The zero-order chi connectivity index (χ0) is 17.4. The van der Waals surface area contributed by atoms with E-state index in [1.807, 2.05) is 4.90 Å². The summed E-state index contributed by atoms with van der Waals surface area (Å²) >= 11 is 0. The molecule has 2 aliphatic rings. The summed E-state index contributed by atoms with van der Waals surface area (Å²) in [4.78, 5) is 9.76. The largest absolute Gasteiger partial charge is 0.419 e. The van der Waals surface area contributed by atoms with Gasteiger partial charge in [-0.25, -0.2) is 9.97 Å². The Morgan fingerprint density at radius 2 is 1.83 bits per heavy atom. The summed E-state index contributed by atoms with van der Waals surface area (Å²) in [5.74, 6) is 0.549. The normalized spacial score (nSPS) is 32.0. The Bertz CT molecular complexity index is 562. The van der Waals surface area contributed by atoms with Gasteiger partial charge < -0.3 is 16.4 Å². The summed E-state index contributed by atoms with van der Waals surface area (Å²) in [7, 11) is 0. The van der Waals surface area contributed by atoms with Gasteiger partial charge in [0.1, 0.15) is 0 Å². The minimum absolute atomic E-state index is 0.0234. The Balaban J connectivity index is 1.73. The third-order valence-electron chi connectivity index (χ3n) is 5.50. The number of halogens is 3. The molecule has 8 heteroatoms. The van der Waals surface area contributed by atoms with Crippen LogP contribution < -0.4 is 16.4 Å². The lowest BCUT2D eigenvalue weighted by Gasteiger charge is -2.48. The molecule has 1 aliphatic carbocycles. The van der Waals surface area contributed by atoms with Crippen LogP contribution in [0, 0.1) is 5.92 Å². The minimum atomic E-state index is -4.42. The van der Waals surface area contributed by atoms with Gasteiger partial charge in [-0.3, -0.25) is 0 Å². The van der Waals surface area contributed by atoms with Gasteiger partial charge in [0.15, 0.2) is 0 Å². The van der Waals surface area contributed by atoms with E-state index in [4.69, 9.17) is 11.5 Å². The highest BCUT2D eigenvalue weighted by Crippen LogP contribution is 2.37. The van der Waals surface area contributed by atoms with E-state index in [1.165, 1.54) is 0 Å². The number of nitrogens with zero attached hydrogens (tertiary/aromatic N) is 3. The Kier molecular flexibility index (Phi) is 4.70. The smallest absolute Gasteiger partial charge is 0.340 e. The lowest BCUT2D eigenvalue weighted by atomic mass is 9.68. The molecule has 3 unspecified atom stereocenters. The molecule has 0 radical (unpaired) electrons. The van der Waals surface area contributed by atoms with E-state index in [1.54, 1.807) is 0 Å². The van der Waals surface area contributed by atoms with E-state index in [0.29, 0.717) is 12.5 Å². The molecule has 5 nitrogen and oxygen atoms in total. The summed E-state index contributed by atoms with van der Waals surface area (Å²) in [5, 5.41) is 0. The molecular formula is C16H24F3N5. The summed E-state index contributed by atoms with van der Waals surface area (Å²) in [6, 6.07) is -0.0234. The molecular weight excluding hydrogens is 319 g/mol. The van der Waals surface area contributed by atoms with Crippen LogP contribution in [0.25, 0.3) is 0 Å². The van der Waals surface area contributed by atoms with Crippen LogP contribution in [0.15, 0.2) is 12.4 Å². The first-order chi connectivity index (χ1) is 11.3. The summed E-state index contributed by atoms with van der Waals surface area (Å²) in [6.45, 7) is 1.38. The van der Waals surface area contributed by atoms with Gasteiger partial charge >= 0.3 is 6.18 Å². The number of anilines is 1. The molecule has 4 N–H and O–H groups in total. The first-order valence-electron chi connectivity index (χ1n) is 8.49. The molecule has 24 heavy (non-hydrogen) atoms. The zero-order valence-corrected chi connectivity index (χ0v) is 13.6. The van der Waals surface area contributed by atoms with Crippen molar-refractivity contribution in [3.05, 3.63) is 18.0 Å². The maximum atomic E-state index is 12.6. The predicted molar refractivity (Wildman–Crippen MR) is 85.3 cm³/mol. The second-order valence-corrected chi connectivity index (χ2v) is 7.02. The zero-order valence-electron chi connectivity index (χ0n) is 13.6. The second kappa shape index (κ2) is 6.48. The molecule has 3 rings (SSSR count). The van der Waals surface area contributed by atoms with Crippen molar-refractivity contribution in [1.29, 1.82) is 0 Å². The van der Waals surface area contributed by atoms with Crippen LogP contribution in [0.1, 0.15) is 44.1 Å². The van der Waals surface area contributed by atoms with Gasteiger partial charge in [0.25, 0.3) is 0 Å². The highest BCUT2D eigenvalue weighted by atomic mass is 19.4. The third-order valence-corrected chi connectivity index (χ3v) is 5.50. The highest BCUT2D eigenvalue weighted by Gasteiger charge is 2.43. The second-order valence-electron chi connectivity index (χ2n) is 7.02. The molecule has 2 fully saturated rings. The van der Waals surface area contributed by atoms with Crippen molar-refractivity contribution < 1.29 is 13.2 Å². The number of aromatic nitrogens is 2. The van der Waals surface area contributed by atoms with Crippen LogP contribution in [0.5, 0.6) is 0 Å². The van der Waals surface area contributed by atoms with Crippen LogP contribution in [0.3, 0.4) is 0 Å². The fourth-order valence-corrected chi connectivity index (χ4v) is 3.98. The van der Waals surface area contributed by atoms with Crippen molar-refractivity contribution >= 4 is 5.95 Å². The molecule has 1 aromatic heterocycles. The first kappa shape index (κ1) is 17.4. The van der Waals surface area contributed by atoms with Gasteiger partial charge in [0.05, 0.1) is 5.56 Å². The summed E-state index contributed by atoms with van der Waals surface area (Å²) < 4.78 is 37.9. The molecule has 0 spiro atoms. The molecule has 1 saturated carbocycles. The topological polar surface area (TPSA) is 81.1 Å². The van der Waals surface area contributed by atoms with E-state index in [2.05, 4.69) is 9.97 Å². The number of alkyl halides is 3. The Hall–Kier alpha value is -1.41. The molecule has 3 atom stereocenters. The summed E-state index contributed by atoms with van der Waals surface area (Å²) in [6.07, 6.45) is 3.20. The predicted octanol–water partition coefficient (Wildman–Crippen LogP) is 2.31. The van der Waals surface area contributed by atoms with Crippen molar-refractivity contribution in [3.8, 4) is 0 Å². The number of hydrogen-bond acceptors (Lipinski definition) is 5. The van der Waals surface area contributed by atoms with Crippen molar-refractivity contribution in [2.75, 3.05) is 18.0 Å². The number of rotatable bonds is 2. The molecule has 134 valence electrons. The van der Waals surface area contributed by atoms with Crippen molar-refractivity contribution in [2.45, 2.75) is 56.3 Å². The molecule has 0 amide bonds. The van der Waals surface area contributed by atoms with Gasteiger partial charge in [0, 0.05) is 37.1 Å². The van der Waals surface area contributed by atoms with Crippen molar-refractivity contribution in [2.24, 2.45) is 17.4 Å². The third kappa shape index (κ3) is 3.35. The molecule has 2 heterocycles. The lowest BCUT2D eigenvalue weighted by Crippen LogP contribution is -2.64. The molecule has 1 aliphatic heterocycles. The highest BCUT2D eigenvalue weighted by molar-refractivity contribution is 5.32. The monoisotopic (exact) mass is 343 g/mol. The Morgan fingerprint density at radius 3 is 2.46 bits per heavy atom. The van der Waals surface area contributed by atoms with Crippen LogP contribution >= 0.6 is 0 Å². The molecule has 1 saturated heterocycles. The molecule has 0 aromatic carbocycles. The maximum Gasteiger partial charge on any atom is 0.419 e.